The molecule has 1 atom stereocenters. The second-order valence-corrected chi connectivity index (χ2v) is 5.37. The van der Waals surface area contributed by atoms with Crippen molar-refractivity contribution in [1.82, 2.24) is 9.55 Å². The number of benzene rings is 1. The summed E-state index contributed by atoms with van der Waals surface area (Å²) in [5, 5.41) is 0. The molecule has 0 fully saturated rings. The van der Waals surface area contributed by atoms with Crippen LogP contribution in [0.2, 0.25) is 0 Å². The van der Waals surface area contributed by atoms with Gasteiger partial charge in [0.25, 0.3) is 0 Å². The number of para-hydroxylation sites is 1. The number of halogens is 1. The van der Waals surface area contributed by atoms with Gasteiger partial charge in [0.1, 0.15) is 11.3 Å². The minimum Gasteiger partial charge on any atom is -0.330 e. The Hall–Kier alpha value is -1.42. The minimum absolute atomic E-state index is 0.246. The maximum Gasteiger partial charge on any atom is 0.151 e. The van der Waals surface area contributed by atoms with E-state index < -0.39 is 0 Å². The van der Waals surface area contributed by atoms with E-state index in [2.05, 4.69) is 30.3 Å². The lowest BCUT2D eigenvalue weighted by Gasteiger charge is -2.17. The first-order valence-electron chi connectivity index (χ1n) is 6.92. The lowest BCUT2D eigenvalue weighted by molar-refractivity contribution is 0.526. The fraction of sp³-hybridized carbons (Fsp3) is 0.533. The quantitative estimate of drug-likeness (QED) is 0.895. The highest BCUT2D eigenvalue weighted by Gasteiger charge is 2.19. The number of hydrogen-bond acceptors (Lipinski definition) is 2. The third-order valence-electron chi connectivity index (χ3n) is 3.50. The van der Waals surface area contributed by atoms with Crippen molar-refractivity contribution in [2.75, 3.05) is 6.54 Å². The van der Waals surface area contributed by atoms with Crippen LogP contribution in [0.25, 0.3) is 11.0 Å². The predicted molar refractivity (Wildman–Crippen MR) is 76.8 cm³/mol. The molecule has 0 radical (unpaired) electrons. The highest BCUT2D eigenvalue weighted by Crippen LogP contribution is 2.29. The van der Waals surface area contributed by atoms with Crippen molar-refractivity contribution >= 4 is 11.0 Å². The molecule has 19 heavy (non-hydrogen) atoms. The molecule has 0 saturated carbocycles. The Kier molecular flexibility index (Phi) is 4.20. The number of hydrogen-bond donors (Lipinski definition) is 1. The average Bonchev–Trinajstić information content (AvgIpc) is 2.77. The Balaban J connectivity index is 2.53. The summed E-state index contributed by atoms with van der Waals surface area (Å²) >= 11 is 0. The van der Waals surface area contributed by atoms with Crippen LogP contribution in [0.4, 0.5) is 4.39 Å². The molecular formula is C15H22FN3. The molecular weight excluding hydrogens is 241 g/mol. The SMILES string of the molecule is CC(CCCN)c1nc2c(F)cccc2n1C(C)C. The molecule has 1 unspecified atom stereocenters. The second-order valence-electron chi connectivity index (χ2n) is 5.37. The normalized spacial score (nSPS) is 13.4. The van der Waals surface area contributed by atoms with Gasteiger partial charge in [0.2, 0.25) is 0 Å². The Labute approximate surface area is 113 Å². The summed E-state index contributed by atoms with van der Waals surface area (Å²) in [6.45, 7) is 7.02. The minimum atomic E-state index is -0.246. The van der Waals surface area contributed by atoms with Crippen LogP contribution < -0.4 is 5.73 Å². The van der Waals surface area contributed by atoms with E-state index in [1.165, 1.54) is 6.07 Å². The average molecular weight is 263 g/mol. The van der Waals surface area contributed by atoms with E-state index >= 15 is 0 Å². The van der Waals surface area contributed by atoms with Gasteiger partial charge in [-0.15, -0.1) is 0 Å². The van der Waals surface area contributed by atoms with Crippen LogP contribution in [-0.2, 0) is 0 Å². The third kappa shape index (κ3) is 2.63. The third-order valence-corrected chi connectivity index (χ3v) is 3.50. The van der Waals surface area contributed by atoms with Gasteiger partial charge in [0.15, 0.2) is 5.82 Å². The van der Waals surface area contributed by atoms with Gasteiger partial charge >= 0.3 is 0 Å². The molecule has 4 heteroatoms. The van der Waals surface area contributed by atoms with Gasteiger partial charge in [-0.2, -0.15) is 0 Å². The smallest absolute Gasteiger partial charge is 0.151 e. The molecule has 1 aromatic carbocycles. The fourth-order valence-corrected chi connectivity index (χ4v) is 2.54. The number of aromatic nitrogens is 2. The van der Waals surface area contributed by atoms with Crippen LogP contribution in [-0.4, -0.2) is 16.1 Å². The van der Waals surface area contributed by atoms with Crippen LogP contribution in [0.15, 0.2) is 18.2 Å². The van der Waals surface area contributed by atoms with Gasteiger partial charge in [-0.3, -0.25) is 0 Å². The molecule has 0 amide bonds. The summed E-state index contributed by atoms with van der Waals surface area (Å²) in [6.07, 6.45) is 1.94. The van der Waals surface area contributed by atoms with Gasteiger partial charge in [-0.1, -0.05) is 13.0 Å². The standard InChI is InChI=1S/C15H22FN3/c1-10(2)19-13-8-4-7-12(16)14(13)18-15(19)11(3)6-5-9-17/h4,7-8,10-11H,5-6,9,17H2,1-3H3. The lowest BCUT2D eigenvalue weighted by Crippen LogP contribution is -2.10. The molecule has 0 aliphatic heterocycles. The topological polar surface area (TPSA) is 43.8 Å². The molecule has 0 aliphatic rings. The van der Waals surface area contributed by atoms with Crippen LogP contribution in [0, 0.1) is 5.82 Å². The van der Waals surface area contributed by atoms with Crippen LogP contribution in [0.3, 0.4) is 0 Å². The predicted octanol–water partition coefficient (Wildman–Crippen LogP) is 3.60. The first kappa shape index (κ1) is 14.0. The zero-order valence-corrected chi connectivity index (χ0v) is 11.9. The van der Waals surface area contributed by atoms with Crippen LogP contribution in [0.1, 0.15) is 51.4 Å². The number of fused-ring (bicyclic) bond motifs is 1. The number of nitrogens with zero attached hydrogens (tertiary/aromatic N) is 2. The molecule has 0 saturated heterocycles. The maximum absolute atomic E-state index is 13.9. The van der Waals surface area contributed by atoms with Gasteiger partial charge in [0, 0.05) is 12.0 Å². The molecule has 0 bridgehead atoms. The Bertz CT molecular complexity index is 560. The van der Waals surface area contributed by atoms with E-state index in [9.17, 15) is 4.39 Å². The fourth-order valence-electron chi connectivity index (χ4n) is 2.54. The summed E-state index contributed by atoms with van der Waals surface area (Å²) in [5.41, 5.74) is 6.92. The van der Waals surface area contributed by atoms with E-state index in [1.54, 1.807) is 6.07 Å². The van der Waals surface area contributed by atoms with Crippen molar-refractivity contribution in [1.29, 1.82) is 0 Å². The zero-order chi connectivity index (χ0) is 14.0. The van der Waals surface area contributed by atoms with Gasteiger partial charge in [-0.05, 0) is 45.4 Å². The van der Waals surface area contributed by atoms with E-state index in [0.717, 1.165) is 24.2 Å². The molecule has 2 aromatic rings. The van der Waals surface area contributed by atoms with E-state index in [1.807, 2.05) is 6.07 Å². The molecule has 0 aliphatic carbocycles. The summed E-state index contributed by atoms with van der Waals surface area (Å²) in [5.74, 6) is 1.01. The van der Waals surface area contributed by atoms with Crippen molar-refractivity contribution < 1.29 is 4.39 Å². The van der Waals surface area contributed by atoms with Gasteiger partial charge in [0.05, 0.1) is 5.52 Å². The Morgan fingerprint density at radius 3 is 2.68 bits per heavy atom. The molecule has 0 spiro atoms. The molecule has 104 valence electrons. The van der Waals surface area contributed by atoms with Crippen molar-refractivity contribution in [2.45, 2.75) is 45.6 Å². The van der Waals surface area contributed by atoms with E-state index in [4.69, 9.17) is 5.73 Å². The molecule has 1 aromatic heterocycles. The maximum atomic E-state index is 13.9. The molecule has 2 rings (SSSR count). The highest BCUT2D eigenvalue weighted by molar-refractivity contribution is 5.77. The summed E-state index contributed by atoms with van der Waals surface area (Å²) in [7, 11) is 0. The van der Waals surface area contributed by atoms with Crippen molar-refractivity contribution in [3.8, 4) is 0 Å². The monoisotopic (exact) mass is 263 g/mol. The molecule has 3 nitrogen and oxygen atoms in total. The molecule has 1 heterocycles. The van der Waals surface area contributed by atoms with Crippen LogP contribution in [0.5, 0.6) is 0 Å². The van der Waals surface area contributed by atoms with Gasteiger partial charge < -0.3 is 10.3 Å². The van der Waals surface area contributed by atoms with Crippen molar-refractivity contribution in [3.05, 3.63) is 29.8 Å². The summed E-state index contributed by atoms with van der Waals surface area (Å²) < 4.78 is 16.0. The highest BCUT2D eigenvalue weighted by atomic mass is 19.1. The van der Waals surface area contributed by atoms with E-state index in [-0.39, 0.29) is 17.8 Å². The Morgan fingerprint density at radius 1 is 1.32 bits per heavy atom. The van der Waals surface area contributed by atoms with Crippen molar-refractivity contribution in [2.24, 2.45) is 5.73 Å². The number of rotatable bonds is 5. The number of nitrogens with two attached hydrogens (primary N) is 1. The number of imidazole rings is 1. The second kappa shape index (κ2) is 5.70. The van der Waals surface area contributed by atoms with Crippen molar-refractivity contribution in [3.63, 3.8) is 0 Å². The zero-order valence-electron chi connectivity index (χ0n) is 11.9. The Morgan fingerprint density at radius 2 is 2.05 bits per heavy atom. The largest absolute Gasteiger partial charge is 0.330 e. The first-order chi connectivity index (χ1) is 9.06. The van der Waals surface area contributed by atoms with E-state index in [0.29, 0.717) is 12.1 Å². The summed E-state index contributed by atoms with van der Waals surface area (Å²) in [6, 6.07) is 5.41. The van der Waals surface area contributed by atoms with Gasteiger partial charge in [-0.25, -0.2) is 9.37 Å². The van der Waals surface area contributed by atoms with Crippen LogP contribution >= 0.6 is 0 Å². The first-order valence-corrected chi connectivity index (χ1v) is 6.92. The summed E-state index contributed by atoms with van der Waals surface area (Å²) in [4.78, 5) is 4.53. The molecule has 2 N–H and O–H groups in total. The lowest BCUT2D eigenvalue weighted by atomic mass is 10.0.